The molecule has 2 saturated carbocycles. The minimum atomic E-state index is -0.900. The van der Waals surface area contributed by atoms with Crippen LogP contribution < -0.4 is 4.74 Å². The van der Waals surface area contributed by atoms with Gasteiger partial charge in [-0.25, -0.2) is 0 Å². The third kappa shape index (κ3) is 1.93. The topological polar surface area (TPSA) is 29.5 Å². The quantitative estimate of drug-likeness (QED) is 0.797. The van der Waals surface area contributed by atoms with E-state index in [0.29, 0.717) is 17.8 Å². The lowest BCUT2D eigenvalue weighted by Crippen LogP contribution is -2.50. The summed E-state index contributed by atoms with van der Waals surface area (Å²) < 4.78 is 5.39. The number of ether oxygens (including phenoxy) is 1. The Kier molecular flexibility index (Phi) is 3.29. The number of hydrogen-bond donors (Lipinski definition) is 1. The van der Waals surface area contributed by atoms with Gasteiger partial charge in [-0.05, 0) is 79.5 Å². The molecule has 2 fully saturated rings. The van der Waals surface area contributed by atoms with E-state index >= 15 is 0 Å². The first-order valence-corrected chi connectivity index (χ1v) is 8.89. The Labute approximate surface area is 139 Å². The van der Waals surface area contributed by atoms with E-state index in [1.54, 1.807) is 7.11 Å². The molecule has 0 amide bonds. The minimum Gasteiger partial charge on any atom is -0.497 e. The molecule has 0 radical (unpaired) electrons. The van der Waals surface area contributed by atoms with Gasteiger partial charge >= 0.3 is 0 Å². The summed E-state index contributed by atoms with van der Waals surface area (Å²) in [6.07, 6.45) is 12.1. The molecule has 0 saturated heterocycles. The Bertz CT molecular complexity index is 673. The van der Waals surface area contributed by atoms with Gasteiger partial charge in [0, 0.05) is 5.41 Å². The number of hydrogen-bond acceptors (Lipinski definition) is 2. The van der Waals surface area contributed by atoms with Crippen molar-refractivity contribution in [2.75, 3.05) is 7.11 Å². The lowest BCUT2D eigenvalue weighted by Gasteiger charge is -2.52. The van der Waals surface area contributed by atoms with E-state index < -0.39 is 5.60 Å². The minimum absolute atomic E-state index is 0.104. The second kappa shape index (κ2) is 5.02. The van der Waals surface area contributed by atoms with Crippen LogP contribution >= 0.6 is 0 Å². The molecule has 3 aliphatic carbocycles. The van der Waals surface area contributed by atoms with Gasteiger partial charge in [0.1, 0.15) is 11.4 Å². The van der Waals surface area contributed by atoms with Crippen molar-refractivity contribution < 1.29 is 9.84 Å². The van der Waals surface area contributed by atoms with E-state index in [9.17, 15) is 5.11 Å². The maximum Gasteiger partial charge on any atom is 0.130 e. The molecule has 0 spiro atoms. The predicted octanol–water partition coefficient (Wildman–Crippen LogP) is 3.92. The first kappa shape index (κ1) is 15.1. The van der Waals surface area contributed by atoms with Crippen molar-refractivity contribution in [2.24, 2.45) is 17.3 Å². The highest BCUT2D eigenvalue weighted by Crippen LogP contribution is 2.64. The first-order valence-electron chi connectivity index (χ1n) is 8.89. The normalized spacial score (nSPS) is 41.4. The molecule has 1 aromatic rings. The zero-order chi connectivity index (χ0) is 16.2. The van der Waals surface area contributed by atoms with Gasteiger partial charge in [0.05, 0.1) is 7.11 Å². The monoisotopic (exact) mass is 310 g/mol. The van der Waals surface area contributed by atoms with Crippen LogP contribution in [0.1, 0.15) is 56.1 Å². The van der Waals surface area contributed by atoms with Gasteiger partial charge in [-0.15, -0.1) is 6.42 Å². The molecule has 1 aromatic carbocycles. The van der Waals surface area contributed by atoms with E-state index in [-0.39, 0.29) is 5.41 Å². The number of fused-ring (bicyclic) bond motifs is 5. The lowest BCUT2D eigenvalue weighted by atomic mass is 9.53. The zero-order valence-corrected chi connectivity index (χ0v) is 14.1. The van der Waals surface area contributed by atoms with E-state index in [4.69, 9.17) is 11.2 Å². The number of rotatable bonds is 1. The van der Waals surface area contributed by atoms with Crippen molar-refractivity contribution in [3.8, 4) is 18.1 Å². The summed E-state index contributed by atoms with van der Waals surface area (Å²) in [6, 6.07) is 6.59. The molecule has 2 nitrogen and oxygen atoms in total. The van der Waals surface area contributed by atoms with Crippen molar-refractivity contribution in [3.63, 3.8) is 0 Å². The molecule has 0 heterocycles. The Hall–Kier alpha value is -1.46. The summed E-state index contributed by atoms with van der Waals surface area (Å²) in [6.45, 7) is 2.24. The van der Waals surface area contributed by atoms with Crippen LogP contribution in [0.15, 0.2) is 18.2 Å². The smallest absolute Gasteiger partial charge is 0.130 e. The van der Waals surface area contributed by atoms with E-state index in [0.717, 1.165) is 37.9 Å². The highest BCUT2D eigenvalue weighted by atomic mass is 16.5. The van der Waals surface area contributed by atoms with E-state index in [1.807, 2.05) is 0 Å². The van der Waals surface area contributed by atoms with Crippen molar-refractivity contribution in [1.29, 1.82) is 0 Å². The molecular weight excluding hydrogens is 284 g/mol. The van der Waals surface area contributed by atoms with Gasteiger partial charge in [0.15, 0.2) is 0 Å². The van der Waals surface area contributed by atoms with E-state index in [2.05, 4.69) is 31.0 Å². The van der Waals surface area contributed by atoms with Crippen LogP contribution in [0.25, 0.3) is 0 Å². The second-order valence-electron chi connectivity index (χ2n) is 7.98. The first-order chi connectivity index (χ1) is 11.0. The molecule has 3 aliphatic rings. The summed E-state index contributed by atoms with van der Waals surface area (Å²) in [5.41, 5.74) is 1.97. The maximum atomic E-state index is 11.0. The van der Waals surface area contributed by atoms with Crippen LogP contribution in [0.5, 0.6) is 5.75 Å². The molecule has 4 rings (SSSR count). The molecule has 2 heteroatoms. The second-order valence-corrected chi connectivity index (χ2v) is 7.98. The number of methoxy groups -OCH3 is 1. The highest BCUT2D eigenvalue weighted by molar-refractivity contribution is 5.41. The van der Waals surface area contributed by atoms with E-state index in [1.165, 1.54) is 17.5 Å². The lowest BCUT2D eigenvalue weighted by molar-refractivity contribution is -0.0646. The summed E-state index contributed by atoms with van der Waals surface area (Å²) in [5, 5.41) is 11.0. The standard InChI is InChI=1S/C21H26O2/c1-4-21(22)12-10-19-18-7-5-14-13-15(23-3)6-8-16(14)17(18)9-11-20(19,21)2/h1,6,8,13,17-19,22H,5,7,9-12H2,2-3H3/t17-,18+,19+,20+,21-/m1/s1. The van der Waals surface area contributed by atoms with Crippen LogP contribution in [-0.4, -0.2) is 17.8 Å². The average Bonchev–Trinajstić information content (AvgIpc) is 2.86. The molecule has 23 heavy (non-hydrogen) atoms. The Morgan fingerprint density at radius 3 is 2.83 bits per heavy atom. The third-order valence-corrected chi connectivity index (χ3v) is 7.32. The van der Waals surface area contributed by atoms with Crippen molar-refractivity contribution in [1.82, 2.24) is 0 Å². The number of aliphatic hydroxyl groups is 1. The molecule has 0 unspecified atom stereocenters. The molecule has 0 bridgehead atoms. The summed E-state index contributed by atoms with van der Waals surface area (Å²) in [4.78, 5) is 0. The molecule has 5 atom stereocenters. The molecule has 0 aliphatic heterocycles. The SMILES string of the molecule is C#C[C@@]1(O)CC[C@H]2[C@H]3CCc4cc(OC)ccc4[C@H]3CC[C@@]21C. The molecular formula is C21H26O2. The molecule has 122 valence electrons. The van der Waals surface area contributed by atoms with Gasteiger partial charge in [0.25, 0.3) is 0 Å². The maximum absolute atomic E-state index is 11.0. The highest BCUT2D eigenvalue weighted by Gasteiger charge is 2.61. The summed E-state index contributed by atoms with van der Waals surface area (Å²) in [5.74, 6) is 5.56. The van der Waals surface area contributed by atoms with Crippen LogP contribution in [0.2, 0.25) is 0 Å². The molecule has 1 N–H and O–H groups in total. The van der Waals surface area contributed by atoms with Gasteiger partial charge < -0.3 is 9.84 Å². The average molecular weight is 310 g/mol. The van der Waals surface area contributed by atoms with Crippen LogP contribution in [0.4, 0.5) is 0 Å². The summed E-state index contributed by atoms with van der Waals surface area (Å²) in [7, 11) is 1.73. The van der Waals surface area contributed by atoms with Crippen molar-refractivity contribution >= 4 is 0 Å². The van der Waals surface area contributed by atoms with Crippen molar-refractivity contribution in [2.45, 2.75) is 57.0 Å². The van der Waals surface area contributed by atoms with Crippen LogP contribution in [0.3, 0.4) is 0 Å². The van der Waals surface area contributed by atoms with Crippen molar-refractivity contribution in [3.05, 3.63) is 29.3 Å². The van der Waals surface area contributed by atoms with Crippen LogP contribution in [0, 0.1) is 29.6 Å². The van der Waals surface area contributed by atoms with Gasteiger partial charge in [-0.2, -0.15) is 0 Å². The Balaban J connectivity index is 1.70. The largest absolute Gasteiger partial charge is 0.497 e. The fraction of sp³-hybridized carbons (Fsp3) is 0.619. The third-order valence-electron chi connectivity index (χ3n) is 7.32. The van der Waals surface area contributed by atoms with Crippen LogP contribution in [-0.2, 0) is 6.42 Å². The van der Waals surface area contributed by atoms with Gasteiger partial charge in [0.2, 0.25) is 0 Å². The predicted molar refractivity (Wildman–Crippen MR) is 91.4 cm³/mol. The number of terminal acetylenes is 1. The Morgan fingerprint density at radius 2 is 2.09 bits per heavy atom. The number of benzene rings is 1. The zero-order valence-electron chi connectivity index (χ0n) is 14.1. The Morgan fingerprint density at radius 1 is 1.26 bits per heavy atom. The van der Waals surface area contributed by atoms with Gasteiger partial charge in [-0.1, -0.05) is 18.9 Å². The summed E-state index contributed by atoms with van der Waals surface area (Å²) >= 11 is 0. The van der Waals surface area contributed by atoms with Gasteiger partial charge in [-0.3, -0.25) is 0 Å². The fourth-order valence-electron chi connectivity index (χ4n) is 5.94. The fourth-order valence-corrected chi connectivity index (χ4v) is 5.94. The molecule has 0 aromatic heterocycles. The number of aryl methyl sites for hydroxylation is 1.